The van der Waals surface area contributed by atoms with Crippen molar-refractivity contribution in [2.75, 3.05) is 6.54 Å². The Hall–Kier alpha value is -3.20. The van der Waals surface area contributed by atoms with Crippen molar-refractivity contribution >= 4 is 17.4 Å². The summed E-state index contributed by atoms with van der Waals surface area (Å²) in [5.74, 6) is -0.0865. The molecule has 2 aliphatic rings. The minimum atomic E-state index is -3.68. The first-order chi connectivity index (χ1) is 14.4. The lowest BCUT2D eigenvalue weighted by molar-refractivity contribution is -0.286. The Labute approximate surface area is 174 Å². The topological polar surface area (TPSA) is 56.1 Å². The molecule has 0 radical (unpaired) electrons. The van der Waals surface area contributed by atoms with E-state index >= 15 is 0 Å². The number of urea groups is 1. The van der Waals surface area contributed by atoms with E-state index in [0.717, 1.165) is 16.9 Å². The Kier molecular flexibility index (Phi) is 4.35. The molecule has 1 aromatic heterocycles. The van der Waals surface area contributed by atoms with E-state index in [1.807, 2.05) is 25.1 Å². The quantitative estimate of drug-likeness (QED) is 0.581. The van der Waals surface area contributed by atoms with Gasteiger partial charge in [0.25, 0.3) is 0 Å². The normalized spacial score (nSPS) is 17.2. The van der Waals surface area contributed by atoms with Crippen molar-refractivity contribution in [1.29, 1.82) is 0 Å². The number of aromatic nitrogens is 1. The van der Waals surface area contributed by atoms with Crippen LogP contribution in [0.5, 0.6) is 11.5 Å². The van der Waals surface area contributed by atoms with Crippen molar-refractivity contribution in [3.63, 3.8) is 0 Å². The number of hydrogen-bond acceptors (Lipinski definition) is 4. The Bertz CT molecular complexity index is 1220. The van der Waals surface area contributed by atoms with Gasteiger partial charge in [-0.2, -0.15) is 4.99 Å². The van der Waals surface area contributed by atoms with Crippen LogP contribution in [0.1, 0.15) is 16.0 Å². The molecule has 3 heterocycles. The second kappa shape index (κ2) is 6.94. The number of aryl methyl sites for hydroxylation is 1. The van der Waals surface area contributed by atoms with E-state index in [9.17, 15) is 13.6 Å². The van der Waals surface area contributed by atoms with Crippen LogP contribution in [0.2, 0.25) is 0 Å². The zero-order chi connectivity index (χ0) is 20.9. The van der Waals surface area contributed by atoms with Gasteiger partial charge >= 0.3 is 12.3 Å². The number of benzene rings is 2. The molecule has 2 aromatic carbocycles. The SMILES string of the molecule is Cc1cn(-c2ccc3c(c2)OC(F)(F)O3)c(=NC(=O)N2CCc3ccccc3C2)s1. The molecule has 0 fully saturated rings. The third-order valence-corrected chi connectivity index (χ3v) is 5.92. The second-order valence-corrected chi connectivity index (χ2v) is 8.34. The van der Waals surface area contributed by atoms with Gasteiger partial charge in [0.2, 0.25) is 0 Å². The highest BCUT2D eigenvalue weighted by Crippen LogP contribution is 2.41. The van der Waals surface area contributed by atoms with E-state index in [4.69, 9.17) is 0 Å². The van der Waals surface area contributed by atoms with Gasteiger partial charge in [-0.3, -0.25) is 4.57 Å². The minimum absolute atomic E-state index is 0.0298. The van der Waals surface area contributed by atoms with E-state index in [1.54, 1.807) is 21.7 Å². The molecule has 0 saturated heterocycles. The number of alkyl halides is 2. The van der Waals surface area contributed by atoms with E-state index in [1.165, 1.54) is 29.0 Å². The van der Waals surface area contributed by atoms with Crippen molar-refractivity contribution in [2.24, 2.45) is 4.99 Å². The Morgan fingerprint density at radius 2 is 1.90 bits per heavy atom. The van der Waals surface area contributed by atoms with Gasteiger partial charge in [0.05, 0.1) is 5.69 Å². The molecule has 0 saturated carbocycles. The standard InChI is InChI=1S/C21H17F2N3O3S/c1-13-11-26(16-6-7-17-18(10-16)29-21(22,23)28-17)20(30-13)24-19(27)25-9-8-14-4-2-3-5-15(14)12-25/h2-7,10-11H,8-9,12H2,1H3. The van der Waals surface area contributed by atoms with E-state index in [0.29, 0.717) is 23.6 Å². The van der Waals surface area contributed by atoms with Crippen LogP contribution >= 0.6 is 11.3 Å². The number of carbonyl (C=O) groups excluding carboxylic acids is 1. The van der Waals surface area contributed by atoms with Crippen molar-refractivity contribution in [2.45, 2.75) is 26.2 Å². The van der Waals surface area contributed by atoms with Crippen LogP contribution in [0, 0.1) is 6.92 Å². The molecule has 2 amide bonds. The monoisotopic (exact) mass is 429 g/mol. The number of fused-ring (bicyclic) bond motifs is 2. The molecule has 0 aliphatic carbocycles. The summed E-state index contributed by atoms with van der Waals surface area (Å²) in [5, 5.41) is 0. The molecule has 0 spiro atoms. The molecule has 0 atom stereocenters. The minimum Gasteiger partial charge on any atom is -0.395 e. The molecule has 5 rings (SSSR count). The van der Waals surface area contributed by atoms with Crippen LogP contribution in [0.3, 0.4) is 0 Å². The highest BCUT2D eigenvalue weighted by Gasteiger charge is 2.43. The first-order valence-corrected chi connectivity index (χ1v) is 10.2. The van der Waals surface area contributed by atoms with Crippen molar-refractivity contribution in [1.82, 2.24) is 9.47 Å². The molecule has 2 aliphatic heterocycles. The lowest BCUT2D eigenvalue weighted by Crippen LogP contribution is -2.35. The van der Waals surface area contributed by atoms with Gasteiger partial charge in [-0.15, -0.1) is 20.1 Å². The van der Waals surface area contributed by atoms with Crippen molar-refractivity contribution < 1.29 is 23.0 Å². The van der Waals surface area contributed by atoms with Crippen molar-refractivity contribution in [3.05, 3.63) is 69.5 Å². The lowest BCUT2D eigenvalue weighted by Gasteiger charge is -2.27. The van der Waals surface area contributed by atoms with Crippen LogP contribution in [-0.2, 0) is 13.0 Å². The fourth-order valence-corrected chi connectivity index (χ4v) is 4.44. The summed E-state index contributed by atoms with van der Waals surface area (Å²) in [6.45, 7) is 3.01. The average molecular weight is 429 g/mol. The number of nitrogens with zero attached hydrogens (tertiary/aromatic N) is 3. The van der Waals surface area contributed by atoms with E-state index in [2.05, 4.69) is 20.5 Å². The van der Waals surface area contributed by atoms with Gasteiger partial charge in [-0.25, -0.2) is 4.79 Å². The lowest BCUT2D eigenvalue weighted by atomic mass is 10.0. The maximum atomic E-state index is 13.3. The molecular formula is C21H17F2N3O3S. The number of rotatable bonds is 1. The number of ether oxygens (including phenoxy) is 2. The molecule has 3 aromatic rings. The van der Waals surface area contributed by atoms with Crippen LogP contribution in [-0.4, -0.2) is 28.3 Å². The number of thiazole rings is 1. The van der Waals surface area contributed by atoms with E-state index < -0.39 is 6.29 Å². The van der Waals surface area contributed by atoms with Gasteiger partial charge in [0.1, 0.15) is 0 Å². The van der Waals surface area contributed by atoms with Crippen LogP contribution in [0.4, 0.5) is 13.6 Å². The highest BCUT2D eigenvalue weighted by atomic mass is 32.1. The summed E-state index contributed by atoms with van der Waals surface area (Å²) in [6, 6.07) is 12.2. The van der Waals surface area contributed by atoms with Gasteiger partial charge in [-0.05, 0) is 36.6 Å². The Balaban J connectivity index is 1.46. The average Bonchev–Trinajstić information content (AvgIpc) is 3.24. The van der Waals surface area contributed by atoms with Crippen molar-refractivity contribution in [3.8, 4) is 17.2 Å². The molecular weight excluding hydrogens is 412 g/mol. The third kappa shape index (κ3) is 3.45. The summed E-state index contributed by atoms with van der Waals surface area (Å²) < 4.78 is 37.3. The fourth-order valence-electron chi connectivity index (χ4n) is 3.62. The number of hydrogen-bond donors (Lipinski definition) is 0. The highest BCUT2D eigenvalue weighted by molar-refractivity contribution is 7.09. The number of halogens is 2. The fraction of sp³-hybridized carbons (Fsp3) is 0.238. The second-order valence-electron chi connectivity index (χ2n) is 7.13. The largest absolute Gasteiger partial charge is 0.586 e. The molecule has 0 bridgehead atoms. The van der Waals surface area contributed by atoms with Crippen LogP contribution in [0.25, 0.3) is 5.69 Å². The summed E-state index contributed by atoms with van der Waals surface area (Å²) in [7, 11) is 0. The summed E-state index contributed by atoms with van der Waals surface area (Å²) in [5.41, 5.74) is 2.93. The summed E-state index contributed by atoms with van der Waals surface area (Å²) in [6.07, 6.45) is -1.08. The molecule has 30 heavy (non-hydrogen) atoms. The van der Waals surface area contributed by atoms with Gasteiger partial charge in [0.15, 0.2) is 16.3 Å². The first kappa shape index (κ1) is 18.8. The zero-order valence-corrected chi connectivity index (χ0v) is 16.8. The number of carbonyl (C=O) groups is 1. The third-order valence-electron chi connectivity index (χ3n) is 5.02. The first-order valence-electron chi connectivity index (χ1n) is 9.38. The summed E-state index contributed by atoms with van der Waals surface area (Å²) >= 11 is 1.35. The Morgan fingerprint density at radius 3 is 2.73 bits per heavy atom. The zero-order valence-electron chi connectivity index (χ0n) is 16.0. The van der Waals surface area contributed by atoms with E-state index in [-0.39, 0.29) is 17.5 Å². The molecule has 154 valence electrons. The van der Waals surface area contributed by atoms with Crippen LogP contribution in [0.15, 0.2) is 53.7 Å². The molecule has 0 unspecified atom stereocenters. The van der Waals surface area contributed by atoms with Gasteiger partial charge in [0, 0.05) is 30.2 Å². The van der Waals surface area contributed by atoms with Crippen LogP contribution < -0.4 is 14.3 Å². The maximum Gasteiger partial charge on any atom is 0.586 e. The molecule has 6 nitrogen and oxygen atoms in total. The predicted octanol–water partition coefficient (Wildman–Crippen LogP) is 4.25. The summed E-state index contributed by atoms with van der Waals surface area (Å²) in [4.78, 5) is 20.3. The Morgan fingerprint density at radius 1 is 1.13 bits per heavy atom. The predicted molar refractivity (Wildman–Crippen MR) is 106 cm³/mol. The number of amides is 2. The maximum absolute atomic E-state index is 13.3. The van der Waals surface area contributed by atoms with Gasteiger partial charge in [-0.1, -0.05) is 24.3 Å². The molecule has 9 heteroatoms. The smallest absolute Gasteiger partial charge is 0.395 e. The van der Waals surface area contributed by atoms with Gasteiger partial charge < -0.3 is 14.4 Å². The molecule has 0 N–H and O–H groups in total.